The van der Waals surface area contributed by atoms with Crippen LogP contribution >= 0.6 is 0 Å². The zero-order valence-electron chi connectivity index (χ0n) is 15.9. The molecule has 23 heavy (non-hydrogen) atoms. The molecule has 5 nitrogen and oxygen atoms in total. The number of likely N-dealkylation sites (N-methyl/N-ethyl adjacent to an activating group) is 1. The lowest BCUT2D eigenvalue weighted by Crippen LogP contribution is -2.32. The zero-order chi connectivity index (χ0) is 17.8. The molecule has 0 aliphatic carbocycles. The summed E-state index contributed by atoms with van der Waals surface area (Å²) in [5, 5.41) is 0. The molecule has 0 radical (unpaired) electrons. The van der Waals surface area contributed by atoms with Gasteiger partial charge in [-0.1, -0.05) is 34.1 Å². The standard InChI is InChI=1S/C18H36N2O3/c1-15(2)8-7-9-17(21)19(5)11-13-23-12-10-18(22)20(6)14-16(3)4/h15-16H,7-14H2,1-6H3. The molecule has 0 saturated heterocycles. The molecule has 0 spiro atoms. The van der Waals surface area contributed by atoms with Gasteiger partial charge in [-0.2, -0.15) is 0 Å². The number of carbonyl (C=O) groups is 2. The molecule has 0 aliphatic rings. The molecular formula is C18H36N2O3. The van der Waals surface area contributed by atoms with Crippen LogP contribution in [0.2, 0.25) is 0 Å². The second-order valence-electron chi connectivity index (χ2n) is 7.13. The molecule has 5 heteroatoms. The van der Waals surface area contributed by atoms with Gasteiger partial charge in [-0.15, -0.1) is 0 Å². The second-order valence-corrected chi connectivity index (χ2v) is 7.13. The Morgan fingerprint density at radius 2 is 1.48 bits per heavy atom. The largest absolute Gasteiger partial charge is 0.379 e. The van der Waals surface area contributed by atoms with E-state index < -0.39 is 0 Å². The van der Waals surface area contributed by atoms with E-state index in [-0.39, 0.29) is 11.8 Å². The topological polar surface area (TPSA) is 49.9 Å². The third-order valence-electron chi connectivity index (χ3n) is 3.69. The fourth-order valence-corrected chi connectivity index (χ4v) is 2.28. The van der Waals surface area contributed by atoms with E-state index in [1.54, 1.807) is 9.80 Å². The maximum atomic E-state index is 11.9. The smallest absolute Gasteiger partial charge is 0.224 e. The van der Waals surface area contributed by atoms with Gasteiger partial charge in [0.05, 0.1) is 19.6 Å². The third-order valence-corrected chi connectivity index (χ3v) is 3.69. The third kappa shape index (κ3) is 12.0. The number of nitrogens with zero attached hydrogens (tertiary/aromatic N) is 2. The van der Waals surface area contributed by atoms with Gasteiger partial charge >= 0.3 is 0 Å². The summed E-state index contributed by atoms with van der Waals surface area (Å²) in [6.45, 7) is 10.8. The Labute approximate surface area is 142 Å². The number of ether oxygens (including phenoxy) is 1. The van der Waals surface area contributed by atoms with Gasteiger partial charge in [0, 0.05) is 33.6 Å². The fourth-order valence-electron chi connectivity index (χ4n) is 2.28. The summed E-state index contributed by atoms with van der Waals surface area (Å²) in [6, 6.07) is 0. The highest BCUT2D eigenvalue weighted by Gasteiger charge is 2.11. The predicted molar refractivity (Wildman–Crippen MR) is 94.2 cm³/mol. The number of amides is 2. The molecule has 136 valence electrons. The van der Waals surface area contributed by atoms with Crippen LogP contribution in [-0.2, 0) is 14.3 Å². The van der Waals surface area contributed by atoms with Crippen LogP contribution in [0.4, 0.5) is 0 Å². The Bertz CT molecular complexity index is 343. The van der Waals surface area contributed by atoms with Crippen molar-refractivity contribution in [2.24, 2.45) is 11.8 Å². The number of hydrogen-bond donors (Lipinski definition) is 0. The van der Waals surface area contributed by atoms with E-state index in [9.17, 15) is 9.59 Å². The Kier molecular flexibility index (Phi) is 11.7. The van der Waals surface area contributed by atoms with Crippen LogP contribution in [0.1, 0.15) is 53.4 Å². The van der Waals surface area contributed by atoms with Crippen LogP contribution in [-0.4, -0.2) is 62.0 Å². The van der Waals surface area contributed by atoms with E-state index in [4.69, 9.17) is 4.74 Å². The van der Waals surface area contributed by atoms with Gasteiger partial charge < -0.3 is 14.5 Å². The molecule has 0 aromatic heterocycles. The van der Waals surface area contributed by atoms with E-state index in [2.05, 4.69) is 27.7 Å². The van der Waals surface area contributed by atoms with E-state index in [0.717, 1.165) is 19.4 Å². The van der Waals surface area contributed by atoms with E-state index in [0.29, 0.717) is 44.4 Å². The van der Waals surface area contributed by atoms with Crippen molar-refractivity contribution < 1.29 is 14.3 Å². The molecule has 0 aromatic carbocycles. The molecule has 0 unspecified atom stereocenters. The Hall–Kier alpha value is -1.10. The van der Waals surface area contributed by atoms with Gasteiger partial charge in [0.1, 0.15) is 0 Å². The lowest BCUT2D eigenvalue weighted by atomic mass is 10.1. The quantitative estimate of drug-likeness (QED) is 0.518. The zero-order valence-corrected chi connectivity index (χ0v) is 15.9. The SMILES string of the molecule is CC(C)CCCC(=O)N(C)CCOCCC(=O)N(C)CC(C)C. The maximum Gasteiger partial charge on any atom is 0.224 e. The van der Waals surface area contributed by atoms with Gasteiger partial charge in [-0.3, -0.25) is 9.59 Å². The molecule has 0 bridgehead atoms. The maximum absolute atomic E-state index is 11.9. The van der Waals surface area contributed by atoms with Crippen LogP contribution in [0, 0.1) is 11.8 Å². The average molecular weight is 328 g/mol. The van der Waals surface area contributed by atoms with Crippen molar-refractivity contribution in [3.63, 3.8) is 0 Å². The van der Waals surface area contributed by atoms with Crippen molar-refractivity contribution in [3.05, 3.63) is 0 Å². The summed E-state index contributed by atoms with van der Waals surface area (Å²) in [7, 11) is 3.63. The first kappa shape index (κ1) is 21.9. The van der Waals surface area contributed by atoms with E-state index in [1.165, 1.54) is 0 Å². The van der Waals surface area contributed by atoms with E-state index in [1.807, 2.05) is 14.1 Å². The van der Waals surface area contributed by atoms with Crippen LogP contribution in [0.15, 0.2) is 0 Å². The average Bonchev–Trinajstić information content (AvgIpc) is 2.45. The normalized spacial score (nSPS) is 11.1. The lowest BCUT2D eigenvalue weighted by molar-refractivity contribution is -0.133. The summed E-state index contributed by atoms with van der Waals surface area (Å²) in [5.74, 6) is 1.39. The molecule has 0 aromatic rings. The van der Waals surface area contributed by atoms with Crippen molar-refractivity contribution in [1.29, 1.82) is 0 Å². The molecule has 0 heterocycles. The molecular weight excluding hydrogens is 292 g/mol. The van der Waals surface area contributed by atoms with Crippen molar-refractivity contribution in [3.8, 4) is 0 Å². The van der Waals surface area contributed by atoms with Crippen molar-refractivity contribution >= 4 is 11.8 Å². The van der Waals surface area contributed by atoms with Crippen molar-refractivity contribution in [1.82, 2.24) is 9.80 Å². The molecule has 0 rings (SSSR count). The first-order valence-electron chi connectivity index (χ1n) is 8.79. The van der Waals surface area contributed by atoms with Crippen molar-refractivity contribution in [2.45, 2.75) is 53.4 Å². The fraction of sp³-hybridized carbons (Fsp3) is 0.889. The first-order valence-corrected chi connectivity index (χ1v) is 8.79. The highest BCUT2D eigenvalue weighted by molar-refractivity contribution is 5.76. The van der Waals surface area contributed by atoms with E-state index >= 15 is 0 Å². The molecule has 0 atom stereocenters. The number of rotatable bonds is 12. The molecule has 0 aliphatic heterocycles. The lowest BCUT2D eigenvalue weighted by Gasteiger charge is -2.20. The minimum absolute atomic E-state index is 0.108. The minimum atomic E-state index is 0.108. The second kappa shape index (κ2) is 12.3. The highest BCUT2D eigenvalue weighted by Crippen LogP contribution is 2.07. The van der Waals surface area contributed by atoms with Gasteiger partial charge in [-0.05, 0) is 18.3 Å². The van der Waals surface area contributed by atoms with Crippen LogP contribution in [0.3, 0.4) is 0 Å². The summed E-state index contributed by atoms with van der Waals surface area (Å²) < 4.78 is 5.48. The summed E-state index contributed by atoms with van der Waals surface area (Å²) in [6.07, 6.45) is 3.03. The van der Waals surface area contributed by atoms with Gasteiger partial charge in [0.2, 0.25) is 11.8 Å². The van der Waals surface area contributed by atoms with Crippen LogP contribution < -0.4 is 0 Å². The summed E-state index contributed by atoms with van der Waals surface area (Å²) in [5.41, 5.74) is 0. The molecule has 0 N–H and O–H groups in total. The Morgan fingerprint density at radius 1 is 0.870 bits per heavy atom. The van der Waals surface area contributed by atoms with Gasteiger partial charge in [0.25, 0.3) is 0 Å². The monoisotopic (exact) mass is 328 g/mol. The van der Waals surface area contributed by atoms with Gasteiger partial charge in [0.15, 0.2) is 0 Å². The Morgan fingerprint density at radius 3 is 2.04 bits per heavy atom. The first-order chi connectivity index (χ1) is 10.7. The van der Waals surface area contributed by atoms with Gasteiger partial charge in [-0.25, -0.2) is 0 Å². The molecule has 0 saturated carbocycles. The molecule has 2 amide bonds. The number of hydrogen-bond acceptors (Lipinski definition) is 3. The van der Waals surface area contributed by atoms with Crippen molar-refractivity contribution in [2.75, 3.05) is 40.4 Å². The summed E-state index contributed by atoms with van der Waals surface area (Å²) in [4.78, 5) is 27.2. The van der Waals surface area contributed by atoms with Crippen LogP contribution in [0.25, 0.3) is 0 Å². The highest BCUT2D eigenvalue weighted by atomic mass is 16.5. The molecule has 0 fully saturated rings. The Balaban J connectivity index is 3.70. The number of carbonyl (C=O) groups excluding carboxylic acids is 2. The minimum Gasteiger partial charge on any atom is -0.379 e. The summed E-state index contributed by atoms with van der Waals surface area (Å²) >= 11 is 0. The van der Waals surface area contributed by atoms with Crippen LogP contribution in [0.5, 0.6) is 0 Å². The predicted octanol–water partition coefficient (Wildman–Crippen LogP) is 2.79.